The minimum atomic E-state index is -0.297. The van der Waals surface area contributed by atoms with Gasteiger partial charge in [-0.2, -0.15) is 0 Å². The van der Waals surface area contributed by atoms with Crippen molar-refractivity contribution in [2.45, 2.75) is 25.4 Å². The maximum Gasteiger partial charge on any atom is 0.184 e. The minimum absolute atomic E-state index is 0.0638. The average molecular weight is 282 g/mol. The molecule has 4 rings (SSSR count). The molecule has 0 saturated heterocycles. The molecule has 2 aromatic rings. The number of rotatable bonds is 2. The SMILES string of the molecule is c1ccc2c(c1)COCC2OC1OCCc2ccccc21. The summed E-state index contributed by atoms with van der Waals surface area (Å²) in [4.78, 5) is 0. The zero-order valence-corrected chi connectivity index (χ0v) is 11.8. The fraction of sp³-hybridized carbons (Fsp3) is 0.333. The van der Waals surface area contributed by atoms with E-state index in [1.54, 1.807) is 0 Å². The summed E-state index contributed by atoms with van der Waals surface area (Å²) in [5, 5.41) is 0. The summed E-state index contributed by atoms with van der Waals surface area (Å²) in [6.45, 7) is 1.95. The van der Waals surface area contributed by atoms with Crippen LogP contribution < -0.4 is 0 Å². The molecule has 0 spiro atoms. The Morgan fingerprint density at radius 2 is 1.67 bits per heavy atom. The predicted molar refractivity (Wildman–Crippen MR) is 78.8 cm³/mol. The molecular weight excluding hydrogens is 264 g/mol. The monoisotopic (exact) mass is 282 g/mol. The number of ether oxygens (including phenoxy) is 3. The maximum atomic E-state index is 6.24. The zero-order valence-electron chi connectivity index (χ0n) is 11.8. The van der Waals surface area contributed by atoms with Gasteiger partial charge in [-0.05, 0) is 23.1 Å². The Balaban J connectivity index is 1.61. The van der Waals surface area contributed by atoms with Crippen molar-refractivity contribution in [3.05, 3.63) is 70.8 Å². The Hall–Kier alpha value is -1.68. The van der Waals surface area contributed by atoms with Gasteiger partial charge in [0.15, 0.2) is 6.29 Å². The smallest absolute Gasteiger partial charge is 0.184 e. The van der Waals surface area contributed by atoms with E-state index in [9.17, 15) is 0 Å². The first-order valence-corrected chi connectivity index (χ1v) is 7.42. The summed E-state index contributed by atoms with van der Waals surface area (Å²) >= 11 is 0. The van der Waals surface area contributed by atoms with Crippen molar-refractivity contribution in [3.8, 4) is 0 Å². The van der Waals surface area contributed by atoms with Crippen molar-refractivity contribution < 1.29 is 14.2 Å². The third kappa shape index (κ3) is 2.48. The quantitative estimate of drug-likeness (QED) is 0.843. The van der Waals surface area contributed by atoms with Crippen molar-refractivity contribution in [3.63, 3.8) is 0 Å². The Labute approximate surface area is 124 Å². The summed E-state index contributed by atoms with van der Waals surface area (Å²) in [5.41, 5.74) is 4.89. The van der Waals surface area contributed by atoms with E-state index in [1.807, 2.05) is 12.1 Å². The Kier molecular flexibility index (Phi) is 3.47. The molecule has 2 unspecified atom stereocenters. The Morgan fingerprint density at radius 3 is 2.57 bits per heavy atom. The van der Waals surface area contributed by atoms with Crippen LogP contribution in [0.5, 0.6) is 0 Å². The van der Waals surface area contributed by atoms with Gasteiger partial charge < -0.3 is 14.2 Å². The molecule has 0 amide bonds. The normalized spacial score (nSPS) is 24.2. The van der Waals surface area contributed by atoms with Crippen LogP contribution in [0.25, 0.3) is 0 Å². The molecule has 3 nitrogen and oxygen atoms in total. The highest BCUT2D eigenvalue weighted by Crippen LogP contribution is 2.35. The van der Waals surface area contributed by atoms with Crippen molar-refractivity contribution in [1.29, 1.82) is 0 Å². The molecule has 0 radical (unpaired) electrons. The van der Waals surface area contributed by atoms with Gasteiger partial charge in [-0.25, -0.2) is 0 Å². The highest BCUT2D eigenvalue weighted by Gasteiger charge is 2.28. The second-order valence-corrected chi connectivity index (χ2v) is 5.49. The molecule has 0 N–H and O–H groups in total. The van der Waals surface area contributed by atoms with Gasteiger partial charge in [0.2, 0.25) is 0 Å². The zero-order chi connectivity index (χ0) is 14.1. The van der Waals surface area contributed by atoms with Crippen LogP contribution in [0.4, 0.5) is 0 Å². The van der Waals surface area contributed by atoms with E-state index in [1.165, 1.54) is 16.7 Å². The van der Waals surface area contributed by atoms with Gasteiger partial charge >= 0.3 is 0 Å². The van der Waals surface area contributed by atoms with Crippen LogP contribution in [0, 0.1) is 0 Å². The molecule has 0 aromatic heterocycles. The summed E-state index contributed by atoms with van der Waals surface area (Å²) in [6, 6.07) is 16.7. The molecule has 2 atom stereocenters. The van der Waals surface area contributed by atoms with Gasteiger partial charge in [-0.3, -0.25) is 0 Å². The molecule has 0 aliphatic carbocycles. The van der Waals surface area contributed by atoms with Crippen molar-refractivity contribution in [1.82, 2.24) is 0 Å². The van der Waals surface area contributed by atoms with E-state index >= 15 is 0 Å². The summed E-state index contributed by atoms with van der Waals surface area (Å²) in [5.74, 6) is 0. The molecule has 0 saturated carbocycles. The van der Waals surface area contributed by atoms with Gasteiger partial charge in [0, 0.05) is 5.56 Å². The van der Waals surface area contributed by atoms with E-state index < -0.39 is 0 Å². The second-order valence-electron chi connectivity index (χ2n) is 5.49. The minimum Gasteiger partial charge on any atom is -0.374 e. The number of hydrogen-bond acceptors (Lipinski definition) is 3. The standard InChI is InChI=1S/C18H18O3/c1-4-8-16-13(5-1)9-10-20-18(16)21-17-12-19-11-14-6-2-3-7-15(14)17/h1-8,17-18H,9-12H2. The third-order valence-corrected chi connectivity index (χ3v) is 4.17. The van der Waals surface area contributed by atoms with E-state index in [0.29, 0.717) is 19.8 Å². The first-order chi connectivity index (χ1) is 10.4. The summed E-state index contributed by atoms with van der Waals surface area (Å²) < 4.78 is 17.7. The third-order valence-electron chi connectivity index (χ3n) is 4.17. The second kappa shape index (κ2) is 5.60. The highest BCUT2D eigenvalue weighted by molar-refractivity contribution is 5.32. The van der Waals surface area contributed by atoms with E-state index in [-0.39, 0.29) is 12.4 Å². The van der Waals surface area contributed by atoms with Crippen molar-refractivity contribution in [2.24, 2.45) is 0 Å². The lowest BCUT2D eigenvalue weighted by Gasteiger charge is -2.32. The molecule has 2 heterocycles. The lowest BCUT2D eigenvalue weighted by Crippen LogP contribution is -2.25. The fourth-order valence-electron chi connectivity index (χ4n) is 3.08. The molecule has 0 fully saturated rings. The van der Waals surface area contributed by atoms with Crippen LogP contribution in [0.15, 0.2) is 48.5 Å². The molecule has 21 heavy (non-hydrogen) atoms. The van der Waals surface area contributed by atoms with E-state index in [0.717, 1.165) is 12.0 Å². The van der Waals surface area contributed by atoms with E-state index in [4.69, 9.17) is 14.2 Å². The number of benzene rings is 2. The largest absolute Gasteiger partial charge is 0.374 e. The lowest BCUT2D eigenvalue weighted by molar-refractivity contribution is -0.198. The molecule has 2 aliphatic heterocycles. The van der Waals surface area contributed by atoms with Crippen LogP contribution in [0.2, 0.25) is 0 Å². The Bertz CT molecular complexity index is 582. The average Bonchev–Trinajstić information content (AvgIpc) is 2.56. The van der Waals surface area contributed by atoms with Gasteiger partial charge in [-0.1, -0.05) is 48.5 Å². The van der Waals surface area contributed by atoms with E-state index in [2.05, 4.69) is 36.4 Å². The van der Waals surface area contributed by atoms with Crippen molar-refractivity contribution in [2.75, 3.05) is 13.2 Å². The van der Waals surface area contributed by atoms with Crippen molar-refractivity contribution >= 4 is 0 Å². The van der Waals surface area contributed by atoms with Crippen LogP contribution in [-0.2, 0) is 27.2 Å². The van der Waals surface area contributed by atoms with Crippen LogP contribution >= 0.6 is 0 Å². The predicted octanol–water partition coefficient (Wildman–Crippen LogP) is 3.55. The van der Waals surface area contributed by atoms with Crippen LogP contribution in [-0.4, -0.2) is 13.2 Å². The fourth-order valence-corrected chi connectivity index (χ4v) is 3.08. The summed E-state index contributed by atoms with van der Waals surface area (Å²) in [7, 11) is 0. The molecule has 3 heteroatoms. The van der Waals surface area contributed by atoms with Gasteiger partial charge in [-0.15, -0.1) is 0 Å². The lowest BCUT2D eigenvalue weighted by atomic mass is 10.00. The van der Waals surface area contributed by atoms with Crippen LogP contribution in [0.3, 0.4) is 0 Å². The molecular formula is C18H18O3. The topological polar surface area (TPSA) is 27.7 Å². The molecule has 108 valence electrons. The highest BCUT2D eigenvalue weighted by atomic mass is 16.7. The Morgan fingerprint density at radius 1 is 0.905 bits per heavy atom. The number of hydrogen-bond donors (Lipinski definition) is 0. The van der Waals surface area contributed by atoms with Gasteiger partial charge in [0.25, 0.3) is 0 Å². The molecule has 0 bridgehead atoms. The maximum absolute atomic E-state index is 6.24. The molecule has 2 aromatic carbocycles. The van der Waals surface area contributed by atoms with Gasteiger partial charge in [0.1, 0.15) is 6.10 Å². The first-order valence-electron chi connectivity index (χ1n) is 7.42. The number of fused-ring (bicyclic) bond motifs is 2. The molecule has 2 aliphatic rings. The van der Waals surface area contributed by atoms with Crippen LogP contribution in [0.1, 0.15) is 34.6 Å². The summed E-state index contributed by atoms with van der Waals surface area (Å²) in [6.07, 6.45) is 0.592. The van der Waals surface area contributed by atoms with Gasteiger partial charge in [0.05, 0.1) is 19.8 Å². The first kappa shape index (κ1) is 13.0.